The average molecular weight is 311 g/mol. The Kier molecular flexibility index (Phi) is 5.99. The van der Waals surface area contributed by atoms with E-state index in [2.05, 4.69) is 17.2 Å². The number of aryl methyl sites for hydroxylation is 2. The first-order chi connectivity index (χ1) is 10.1. The maximum atomic E-state index is 12.1. The molecule has 118 valence electrons. The van der Waals surface area contributed by atoms with E-state index >= 15 is 0 Å². The summed E-state index contributed by atoms with van der Waals surface area (Å²) in [5.74, 6) is 0.486. The monoisotopic (exact) mass is 311 g/mol. The molecule has 0 saturated carbocycles. The van der Waals surface area contributed by atoms with E-state index in [0.717, 1.165) is 49.8 Å². The molecule has 1 atom stereocenters. The number of amides is 2. The fraction of sp³-hybridized carbons (Fsp3) is 0.733. The van der Waals surface area contributed by atoms with Gasteiger partial charge < -0.3 is 15.0 Å². The van der Waals surface area contributed by atoms with Gasteiger partial charge in [-0.15, -0.1) is 11.3 Å². The first-order valence-electron chi connectivity index (χ1n) is 7.63. The van der Waals surface area contributed by atoms with Gasteiger partial charge in [0.25, 0.3) is 0 Å². The smallest absolute Gasteiger partial charge is 0.317 e. The van der Waals surface area contributed by atoms with Crippen molar-refractivity contribution in [1.82, 2.24) is 15.2 Å². The molecule has 5 nitrogen and oxygen atoms in total. The van der Waals surface area contributed by atoms with Crippen molar-refractivity contribution in [3.8, 4) is 0 Å². The summed E-state index contributed by atoms with van der Waals surface area (Å²) in [6, 6.07) is 0.0407. The number of rotatable bonds is 6. The lowest BCUT2D eigenvalue weighted by atomic mass is 10.1. The maximum absolute atomic E-state index is 12.1. The summed E-state index contributed by atoms with van der Waals surface area (Å²) in [4.78, 5) is 19.7. The Labute approximate surface area is 130 Å². The fourth-order valence-electron chi connectivity index (χ4n) is 2.47. The molecule has 1 aromatic rings. The lowest BCUT2D eigenvalue weighted by Gasteiger charge is -2.17. The van der Waals surface area contributed by atoms with Crippen LogP contribution in [0.1, 0.15) is 28.9 Å². The number of thiazole rings is 1. The van der Waals surface area contributed by atoms with Crippen molar-refractivity contribution in [2.45, 2.75) is 33.6 Å². The molecule has 1 saturated heterocycles. The Balaban J connectivity index is 1.68. The van der Waals surface area contributed by atoms with Gasteiger partial charge in [0, 0.05) is 43.5 Å². The number of carbonyl (C=O) groups excluding carboxylic acids is 1. The van der Waals surface area contributed by atoms with Gasteiger partial charge in [-0.1, -0.05) is 0 Å². The predicted octanol–water partition coefficient (Wildman–Crippen LogP) is 2.37. The van der Waals surface area contributed by atoms with Crippen LogP contribution < -0.4 is 5.32 Å². The second-order valence-corrected chi connectivity index (χ2v) is 6.78. The number of nitrogens with zero attached hydrogens (tertiary/aromatic N) is 2. The number of carbonyl (C=O) groups is 1. The minimum absolute atomic E-state index is 0.0407. The lowest BCUT2D eigenvalue weighted by Crippen LogP contribution is -2.39. The van der Waals surface area contributed by atoms with Crippen molar-refractivity contribution in [1.29, 1.82) is 0 Å². The SMILES string of the molecule is CCOCC1CCN(C(=O)NCCc2nc(C)c(C)s2)C1. The summed E-state index contributed by atoms with van der Waals surface area (Å²) in [5, 5.41) is 4.09. The Morgan fingerprint density at radius 2 is 2.33 bits per heavy atom. The van der Waals surface area contributed by atoms with Crippen molar-refractivity contribution in [2.75, 3.05) is 32.8 Å². The second kappa shape index (κ2) is 7.75. The topological polar surface area (TPSA) is 54.5 Å². The summed E-state index contributed by atoms with van der Waals surface area (Å²) >= 11 is 1.72. The van der Waals surface area contributed by atoms with Crippen LogP contribution in [0.2, 0.25) is 0 Å². The van der Waals surface area contributed by atoms with Crippen molar-refractivity contribution >= 4 is 17.4 Å². The highest BCUT2D eigenvalue weighted by Gasteiger charge is 2.25. The van der Waals surface area contributed by atoms with Crippen molar-refractivity contribution in [2.24, 2.45) is 5.92 Å². The highest BCUT2D eigenvalue weighted by atomic mass is 32.1. The molecule has 2 amide bonds. The van der Waals surface area contributed by atoms with E-state index in [0.29, 0.717) is 12.5 Å². The third-order valence-electron chi connectivity index (χ3n) is 3.82. The van der Waals surface area contributed by atoms with Crippen LogP contribution in [-0.4, -0.2) is 48.8 Å². The predicted molar refractivity (Wildman–Crippen MR) is 84.9 cm³/mol. The van der Waals surface area contributed by atoms with E-state index in [1.807, 2.05) is 18.7 Å². The zero-order valence-electron chi connectivity index (χ0n) is 13.1. The molecule has 2 rings (SSSR count). The summed E-state index contributed by atoms with van der Waals surface area (Å²) < 4.78 is 5.43. The molecular weight excluding hydrogens is 286 g/mol. The van der Waals surface area contributed by atoms with E-state index in [9.17, 15) is 4.79 Å². The number of urea groups is 1. The van der Waals surface area contributed by atoms with Gasteiger partial charge >= 0.3 is 6.03 Å². The molecule has 0 spiro atoms. The first-order valence-corrected chi connectivity index (χ1v) is 8.45. The normalized spacial score (nSPS) is 18.2. The largest absolute Gasteiger partial charge is 0.381 e. The Morgan fingerprint density at radius 3 is 3.00 bits per heavy atom. The molecule has 0 bridgehead atoms. The zero-order chi connectivity index (χ0) is 15.2. The molecule has 1 aromatic heterocycles. The van der Waals surface area contributed by atoms with Gasteiger partial charge in [0.2, 0.25) is 0 Å². The van der Waals surface area contributed by atoms with Gasteiger partial charge in [-0.3, -0.25) is 0 Å². The van der Waals surface area contributed by atoms with Gasteiger partial charge in [-0.25, -0.2) is 9.78 Å². The lowest BCUT2D eigenvalue weighted by molar-refractivity contribution is 0.113. The van der Waals surface area contributed by atoms with Crippen molar-refractivity contribution in [3.05, 3.63) is 15.6 Å². The Hall–Kier alpha value is -1.14. The molecule has 0 radical (unpaired) electrons. The Bertz CT molecular complexity index is 456. The Morgan fingerprint density at radius 1 is 1.52 bits per heavy atom. The average Bonchev–Trinajstić information content (AvgIpc) is 3.04. The highest BCUT2D eigenvalue weighted by molar-refractivity contribution is 7.11. The zero-order valence-corrected chi connectivity index (χ0v) is 14.0. The van der Waals surface area contributed by atoms with E-state index in [4.69, 9.17) is 4.74 Å². The fourth-order valence-corrected chi connectivity index (χ4v) is 3.41. The summed E-state index contributed by atoms with van der Waals surface area (Å²) in [5.41, 5.74) is 1.10. The minimum Gasteiger partial charge on any atom is -0.381 e. The van der Waals surface area contributed by atoms with Crippen LogP contribution in [0.25, 0.3) is 0 Å². The van der Waals surface area contributed by atoms with Gasteiger partial charge in [-0.2, -0.15) is 0 Å². The summed E-state index contributed by atoms with van der Waals surface area (Å²) in [6.07, 6.45) is 1.85. The van der Waals surface area contributed by atoms with Gasteiger partial charge in [0.05, 0.1) is 17.3 Å². The number of hydrogen-bond donors (Lipinski definition) is 1. The van der Waals surface area contributed by atoms with Crippen LogP contribution >= 0.6 is 11.3 Å². The van der Waals surface area contributed by atoms with E-state index < -0.39 is 0 Å². The number of likely N-dealkylation sites (tertiary alicyclic amines) is 1. The van der Waals surface area contributed by atoms with Crippen molar-refractivity contribution < 1.29 is 9.53 Å². The number of aromatic nitrogens is 1. The van der Waals surface area contributed by atoms with Crippen LogP contribution in [-0.2, 0) is 11.2 Å². The number of ether oxygens (including phenoxy) is 1. The molecule has 1 N–H and O–H groups in total. The van der Waals surface area contributed by atoms with Gasteiger partial charge in [-0.05, 0) is 27.2 Å². The molecular formula is C15H25N3O2S. The molecule has 0 aromatic carbocycles. The molecule has 1 aliphatic rings. The highest BCUT2D eigenvalue weighted by Crippen LogP contribution is 2.17. The minimum atomic E-state index is 0.0407. The quantitative estimate of drug-likeness (QED) is 0.877. The number of nitrogens with one attached hydrogen (secondary N) is 1. The molecule has 0 aliphatic carbocycles. The van der Waals surface area contributed by atoms with E-state index in [-0.39, 0.29) is 6.03 Å². The number of hydrogen-bond acceptors (Lipinski definition) is 4. The molecule has 21 heavy (non-hydrogen) atoms. The molecule has 1 aliphatic heterocycles. The van der Waals surface area contributed by atoms with Gasteiger partial charge in [0.1, 0.15) is 0 Å². The third-order valence-corrected chi connectivity index (χ3v) is 4.95. The third kappa shape index (κ3) is 4.68. The van der Waals surface area contributed by atoms with Crippen LogP contribution in [0.5, 0.6) is 0 Å². The maximum Gasteiger partial charge on any atom is 0.317 e. The van der Waals surface area contributed by atoms with E-state index in [1.54, 1.807) is 11.3 Å². The van der Waals surface area contributed by atoms with Crippen LogP contribution in [0.3, 0.4) is 0 Å². The van der Waals surface area contributed by atoms with Crippen LogP contribution in [0.15, 0.2) is 0 Å². The van der Waals surface area contributed by atoms with Gasteiger partial charge in [0.15, 0.2) is 0 Å². The van der Waals surface area contributed by atoms with E-state index in [1.165, 1.54) is 4.88 Å². The summed E-state index contributed by atoms with van der Waals surface area (Å²) in [6.45, 7) is 9.90. The van der Waals surface area contributed by atoms with Crippen molar-refractivity contribution in [3.63, 3.8) is 0 Å². The van der Waals surface area contributed by atoms with Crippen LogP contribution in [0, 0.1) is 19.8 Å². The summed E-state index contributed by atoms with van der Waals surface area (Å²) in [7, 11) is 0. The standard InChI is InChI=1S/C15H25N3O2S/c1-4-20-10-13-6-8-18(9-13)15(19)16-7-5-14-17-11(2)12(3)21-14/h13H,4-10H2,1-3H3,(H,16,19). The molecule has 1 unspecified atom stereocenters. The first kappa shape index (κ1) is 16.2. The molecule has 2 heterocycles. The second-order valence-electron chi connectivity index (χ2n) is 5.49. The molecule has 6 heteroatoms. The van der Waals surface area contributed by atoms with Crippen LogP contribution in [0.4, 0.5) is 4.79 Å². The molecule has 1 fully saturated rings.